The third kappa shape index (κ3) is 4.51. The minimum atomic E-state index is -0.679. The number of pyridine rings is 1. The van der Waals surface area contributed by atoms with Crippen molar-refractivity contribution in [1.82, 2.24) is 19.2 Å². The Morgan fingerprint density at radius 1 is 1.11 bits per heavy atom. The Morgan fingerprint density at radius 3 is 2.60 bits per heavy atom. The molecule has 35 heavy (non-hydrogen) atoms. The van der Waals surface area contributed by atoms with Crippen molar-refractivity contribution in [3.8, 4) is 0 Å². The highest BCUT2D eigenvalue weighted by Crippen LogP contribution is 2.40. The molecule has 2 aliphatic heterocycles. The van der Waals surface area contributed by atoms with E-state index in [-0.39, 0.29) is 11.3 Å². The van der Waals surface area contributed by atoms with Gasteiger partial charge in [0.25, 0.3) is 11.7 Å². The molecule has 2 saturated heterocycles. The number of ketones is 1. The van der Waals surface area contributed by atoms with Crippen LogP contribution in [0.1, 0.15) is 29.4 Å². The van der Waals surface area contributed by atoms with Gasteiger partial charge in [0, 0.05) is 36.8 Å². The van der Waals surface area contributed by atoms with Crippen LogP contribution in [0.3, 0.4) is 0 Å². The maximum atomic E-state index is 13.3. The molecule has 182 valence electrons. The summed E-state index contributed by atoms with van der Waals surface area (Å²) in [6.07, 6.45) is 2.51. The van der Waals surface area contributed by atoms with Crippen molar-refractivity contribution in [3.63, 3.8) is 0 Å². The van der Waals surface area contributed by atoms with Crippen LogP contribution >= 0.6 is 15.9 Å². The van der Waals surface area contributed by atoms with Gasteiger partial charge in [0.15, 0.2) is 5.76 Å². The molecule has 1 N–H and O–H groups in total. The van der Waals surface area contributed by atoms with E-state index >= 15 is 0 Å². The number of hydrogen-bond donors (Lipinski definition) is 1. The summed E-state index contributed by atoms with van der Waals surface area (Å²) in [5.41, 5.74) is 2.53. The van der Waals surface area contributed by atoms with E-state index in [4.69, 9.17) is 4.74 Å². The average Bonchev–Trinajstić information content (AvgIpc) is 3.33. The number of nitrogens with zero attached hydrogens (tertiary/aromatic N) is 4. The molecule has 0 bridgehead atoms. The highest BCUT2D eigenvalue weighted by atomic mass is 79.9. The maximum Gasteiger partial charge on any atom is 0.295 e. The van der Waals surface area contributed by atoms with E-state index in [9.17, 15) is 14.7 Å². The van der Waals surface area contributed by atoms with Crippen LogP contribution < -0.4 is 0 Å². The largest absolute Gasteiger partial charge is 0.505 e. The Kier molecular flexibility index (Phi) is 6.73. The van der Waals surface area contributed by atoms with Crippen molar-refractivity contribution in [2.24, 2.45) is 0 Å². The highest BCUT2D eigenvalue weighted by molar-refractivity contribution is 9.10. The first-order chi connectivity index (χ1) is 17.0. The predicted octanol–water partition coefficient (Wildman–Crippen LogP) is 3.55. The minimum absolute atomic E-state index is 0.0949. The minimum Gasteiger partial charge on any atom is -0.505 e. The van der Waals surface area contributed by atoms with E-state index in [1.807, 2.05) is 42.5 Å². The number of aromatic nitrogens is 2. The number of Topliss-reactive ketones (excluding diaryl/α,β-unsaturated/α-hetero) is 1. The summed E-state index contributed by atoms with van der Waals surface area (Å²) in [5, 5.41) is 11.5. The normalized spacial score (nSPS) is 20.7. The predicted molar refractivity (Wildman–Crippen MR) is 135 cm³/mol. The van der Waals surface area contributed by atoms with Crippen LogP contribution in [0.5, 0.6) is 0 Å². The number of amides is 1. The Balaban J connectivity index is 1.54. The first-order valence-electron chi connectivity index (χ1n) is 11.7. The number of ether oxygens (including phenoxy) is 1. The van der Waals surface area contributed by atoms with Gasteiger partial charge in [-0.05, 0) is 43.2 Å². The number of carbonyl (C=O) groups is 2. The standard InChI is InChI=1S/C26H27BrN4O4/c1-17-22(30-11-3-2-5-20(30)28-17)24(32)21-23(18-6-8-19(27)9-7-18)31(26(34)25(21)33)12-4-10-29-13-15-35-16-14-29/h2-3,5-9,11,23,32H,4,10,12-16H2,1H3/b24-21+/t23-/m1/s1. The van der Waals surface area contributed by atoms with Crippen LogP contribution in [0, 0.1) is 6.92 Å². The smallest absolute Gasteiger partial charge is 0.295 e. The van der Waals surface area contributed by atoms with Crippen molar-refractivity contribution >= 4 is 39.0 Å². The van der Waals surface area contributed by atoms with Crippen LogP contribution in [-0.2, 0) is 14.3 Å². The third-order valence-electron chi connectivity index (χ3n) is 6.63. The molecule has 0 spiro atoms. The number of aliphatic hydroxyl groups is 1. The molecule has 1 aromatic carbocycles. The van der Waals surface area contributed by atoms with Crippen LogP contribution in [0.25, 0.3) is 11.4 Å². The lowest BCUT2D eigenvalue weighted by molar-refractivity contribution is -0.140. The molecule has 5 rings (SSSR count). The first-order valence-corrected chi connectivity index (χ1v) is 12.5. The quantitative estimate of drug-likeness (QED) is 0.293. The zero-order valence-electron chi connectivity index (χ0n) is 19.5. The zero-order valence-corrected chi connectivity index (χ0v) is 21.1. The van der Waals surface area contributed by atoms with Gasteiger partial charge in [0.2, 0.25) is 0 Å². The van der Waals surface area contributed by atoms with Gasteiger partial charge in [-0.1, -0.05) is 34.1 Å². The molecule has 1 amide bonds. The van der Waals surface area contributed by atoms with Gasteiger partial charge in [-0.3, -0.25) is 18.9 Å². The SMILES string of the molecule is Cc1nc2ccccn2c1/C(O)=C1\C(=O)C(=O)N(CCCN2CCOCC2)[C@@H]1c1ccc(Br)cc1. The van der Waals surface area contributed by atoms with E-state index < -0.39 is 17.7 Å². The van der Waals surface area contributed by atoms with Gasteiger partial charge in [-0.2, -0.15) is 0 Å². The molecule has 0 radical (unpaired) electrons. The summed E-state index contributed by atoms with van der Waals surface area (Å²) < 4.78 is 8.05. The van der Waals surface area contributed by atoms with Crippen LogP contribution in [0.2, 0.25) is 0 Å². The maximum absolute atomic E-state index is 13.3. The summed E-state index contributed by atoms with van der Waals surface area (Å²) >= 11 is 3.45. The number of aryl methyl sites for hydroxylation is 1. The second kappa shape index (κ2) is 9.93. The zero-order chi connectivity index (χ0) is 24.5. The Labute approximate surface area is 211 Å². The van der Waals surface area contributed by atoms with Crippen molar-refractivity contribution in [2.45, 2.75) is 19.4 Å². The summed E-state index contributed by atoms with van der Waals surface area (Å²) in [7, 11) is 0. The highest BCUT2D eigenvalue weighted by Gasteiger charge is 2.46. The van der Waals surface area contributed by atoms with Crippen molar-refractivity contribution in [2.75, 3.05) is 39.4 Å². The summed E-state index contributed by atoms with van der Waals surface area (Å²) in [6.45, 7) is 6.15. The lowest BCUT2D eigenvalue weighted by atomic mass is 9.96. The second-order valence-corrected chi connectivity index (χ2v) is 9.74. The number of carbonyl (C=O) groups excluding carboxylic acids is 2. The Morgan fingerprint density at radius 2 is 1.86 bits per heavy atom. The monoisotopic (exact) mass is 538 g/mol. The second-order valence-electron chi connectivity index (χ2n) is 8.83. The molecule has 4 heterocycles. The lowest BCUT2D eigenvalue weighted by Gasteiger charge is -2.29. The number of likely N-dealkylation sites (tertiary alicyclic amines) is 1. The van der Waals surface area contributed by atoms with Gasteiger partial charge < -0.3 is 14.7 Å². The summed E-state index contributed by atoms with van der Waals surface area (Å²) in [6, 6.07) is 12.4. The van der Waals surface area contributed by atoms with E-state index in [1.54, 1.807) is 22.4 Å². The fraction of sp³-hybridized carbons (Fsp3) is 0.346. The third-order valence-corrected chi connectivity index (χ3v) is 7.16. The first kappa shape index (κ1) is 23.7. The van der Waals surface area contributed by atoms with E-state index in [2.05, 4.69) is 25.8 Å². The number of aliphatic hydroxyl groups excluding tert-OH is 1. The van der Waals surface area contributed by atoms with Crippen molar-refractivity contribution < 1.29 is 19.4 Å². The summed E-state index contributed by atoms with van der Waals surface area (Å²) in [5.74, 6) is -1.47. The molecular weight excluding hydrogens is 512 g/mol. The van der Waals surface area contributed by atoms with Gasteiger partial charge in [-0.15, -0.1) is 0 Å². The molecule has 2 aromatic heterocycles. The molecule has 1 atom stereocenters. The lowest BCUT2D eigenvalue weighted by Crippen LogP contribution is -2.38. The number of halogens is 1. The number of hydrogen-bond acceptors (Lipinski definition) is 6. The van der Waals surface area contributed by atoms with E-state index in [1.165, 1.54) is 0 Å². The van der Waals surface area contributed by atoms with Crippen molar-refractivity contribution in [3.05, 3.63) is 75.7 Å². The molecule has 0 aliphatic carbocycles. The molecule has 8 nitrogen and oxygen atoms in total. The number of benzene rings is 1. The van der Waals surface area contributed by atoms with E-state index in [0.717, 1.165) is 29.7 Å². The number of imidazole rings is 1. The molecule has 9 heteroatoms. The summed E-state index contributed by atoms with van der Waals surface area (Å²) in [4.78, 5) is 35.0. The van der Waals surface area contributed by atoms with E-state index in [0.29, 0.717) is 43.2 Å². The molecule has 0 unspecified atom stereocenters. The van der Waals surface area contributed by atoms with Gasteiger partial charge in [-0.25, -0.2) is 4.98 Å². The van der Waals surface area contributed by atoms with Gasteiger partial charge >= 0.3 is 0 Å². The van der Waals surface area contributed by atoms with Gasteiger partial charge in [0.1, 0.15) is 11.3 Å². The Hall–Kier alpha value is -3.01. The average molecular weight is 539 g/mol. The molecule has 2 fully saturated rings. The molecular formula is C26H27BrN4O4. The van der Waals surface area contributed by atoms with Crippen molar-refractivity contribution in [1.29, 1.82) is 0 Å². The Bertz CT molecular complexity index is 1290. The number of morpholine rings is 1. The molecule has 2 aliphatic rings. The fourth-order valence-electron chi connectivity index (χ4n) is 4.92. The van der Waals surface area contributed by atoms with Crippen LogP contribution in [0.15, 0.2) is 58.7 Å². The van der Waals surface area contributed by atoms with Gasteiger partial charge in [0.05, 0.1) is 30.5 Å². The van der Waals surface area contributed by atoms with Crippen LogP contribution in [0.4, 0.5) is 0 Å². The topological polar surface area (TPSA) is 87.4 Å². The molecule has 0 saturated carbocycles. The fourth-order valence-corrected chi connectivity index (χ4v) is 5.18. The molecule has 3 aromatic rings. The number of rotatable bonds is 6. The number of fused-ring (bicyclic) bond motifs is 1. The van der Waals surface area contributed by atoms with Crippen LogP contribution in [-0.4, -0.2) is 75.4 Å².